The van der Waals surface area contributed by atoms with Gasteiger partial charge in [0.25, 0.3) is 0 Å². The van der Waals surface area contributed by atoms with E-state index in [9.17, 15) is 9.59 Å². The summed E-state index contributed by atoms with van der Waals surface area (Å²) in [7, 11) is 0. The minimum Gasteiger partial charge on any atom is -0.342 e. The van der Waals surface area contributed by atoms with E-state index in [1.54, 1.807) is 16.2 Å². The molecule has 2 aromatic heterocycles. The molecule has 0 aliphatic carbocycles. The van der Waals surface area contributed by atoms with Gasteiger partial charge in [0, 0.05) is 47.2 Å². The molecule has 1 aliphatic heterocycles. The van der Waals surface area contributed by atoms with Gasteiger partial charge in [-0.05, 0) is 62.0 Å². The summed E-state index contributed by atoms with van der Waals surface area (Å²) in [4.78, 5) is 36.7. The van der Waals surface area contributed by atoms with Gasteiger partial charge >= 0.3 is 0 Å². The first kappa shape index (κ1) is 21.0. The first-order valence-corrected chi connectivity index (χ1v) is 11.1. The van der Waals surface area contributed by atoms with Crippen molar-refractivity contribution in [2.75, 3.05) is 23.7 Å². The molecular formula is C23H25N5O2S. The molecule has 0 bridgehead atoms. The predicted molar refractivity (Wildman–Crippen MR) is 123 cm³/mol. The number of nitrogens with one attached hydrogen (secondary N) is 2. The summed E-state index contributed by atoms with van der Waals surface area (Å²) < 4.78 is 0. The normalized spacial score (nSPS) is 15.9. The van der Waals surface area contributed by atoms with Gasteiger partial charge in [-0.3, -0.25) is 9.59 Å². The molecule has 1 fully saturated rings. The van der Waals surface area contributed by atoms with Gasteiger partial charge in [0.05, 0.1) is 5.92 Å². The average Bonchev–Trinajstić information content (AvgIpc) is 3.37. The third kappa shape index (κ3) is 5.46. The molecule has 2 N–H and O–H groups in total. The molecule has 160 valence electrons. The van der Waals surface area contributed by atoms with Crippen LogP contribution in [0.4, 0.5) is 17.3 Å². The van der Waals surface area contributed by atoms with E-state index in [2.05, 4.69) is 26.7 Å². The smallest absolute Gasteiger partial charge is 0.229 e. The second-order valence-corrected chi connectivity index (χ2v) is 8.77. The number of benzene rings is 1. The highest BCUT2D eigenvalue weighted by Crippen LogP contribution is 2.22. The fourth-order valence-corrected chi connectivity index (χ4v) is 4.35. The maximum absolute atomic E-state index is 12.7. The third-order valence-corrected chi connectivity index (χ3v) is 6.12. The van der Waals surface area contributed by atoms with Crippen molar-refractivity contribution in [2.45, 2.75) is 26.7 Å². The van der Waals surface area contributed by atoms with E-state index in [4.69, 9.17) is 0 Å². The van der Waals surface area contributed by atoms with Crippen molar-refractivity contribution in [3.8, 4) is 0 Å². The van der Waals surface area contributed by atoms with E-state index >= 15 is 0 Å². The fourth-order valence-electron chi connectivity index (χ4n) is 3.66. The Bertz CT molecular complexity index is 1050. The Morgan fingerprint density at radius 2 is 1.84 bits per heavy atom. The first-order valence-electron chi connectivity index (χ1n) is 10.3. The highest BCUT2D eigenvalue weighted by Gasteiger charge is 2.34. The molecule has 1 saturated heterocycles. The Kier molecular flexibility index (Phi) is 6.27. The number of carbonyl (C=O) groups excluding carboxylic acids is 2. The van der Waals surface area contributed by atoms with Gasteiger partial charge in [-0.1, -0.05) is 6.07 Å². The molecule has 1 unspecified atom stereocenters. The predicted octanol–water partition coefficient (Wildman–Crippen LogP) is 3.93. The topological polar surface area (TPSA) is 87.2 Å². The molecule has 0 spiro atoms. The van der Waals surface area contributed by atoms with Crippen molar-refractivity contribution in [2.24, 2.45) is 5.92 Å². The Hall–Kier alpha value is -3.26. The number of rotatable bonds is 7. The van der Waals surface area contributed by atoms with E-state index in [1.807, 2.05) is 55.6 Å². The van der Waals surface area contributed by atoms with Gasteiger partial charge in [0.2, 0.25) is 17.8 Å². The van der Waals surface area contributed by atoms with Gasteiger partial charge in [0.15, 0.2) is 0 Å². The zero-order valence-corrected chi connectivity index (χ0v) is 18.4. The zero-order valence-electron chi connectivity index (χ0n) is 17.6. The molecule has 1 aromatic carbocycles. The van der Waals surface area contributed by atoms with Crippen molar-refractivity contribution < 1.29 is 9.59 Å². The number of anilines is 3. The minimum absolute atomic E-state index is 0.0460. The summed E-state index contributed by atoms with van der Waals surface area (Å²) in [5, 5.41) is 8.14. The van der Waals surface area contributed by atoms with Crippen molar-refractivity contribution in [1.29, 1.82) is 0 Å². The number of aryl methyl sites for hydroxylation is 2. The fraction of sp³-hybridized carbons (Fsp3) is 0.304. The lowest BCUT2D eigenvalue weighted by atomic mass is 10.1. The average molecular weight is 436 g/mol. The number of amides is 2. The van der Waals surface area contributed by atoms with Crippen LogP contribution in [0.1, 0.15) is 22.7 Å². The summed E-state index contributed by atoms with van der Waals surface area (Å²) >= 11 is 1.69. The van der Waals surface area contributed by atoms with Crippen LogP contribution in [0, 0.1) is 19.8 Å². The molecule has 3 aromatic rings. The molecule has 1 aliphatic rings. The van der Waals surface area contributed by atoms with Gasteiger partial charge in [-0.2, -0.15) is 0 Å². The summed E-state index contributed by atoms with van der Waals surface area (Å²) in [6.07, 6.45) is 1.09. The number of aromatic nitrogens is 2. The van der Waals surface area contributed by atoms with Crippen LogP contribution in [-0.2, 0) is 16.0 Å². The van der Waals surface area contributed by atoms with Crippen LogP contribution in [-0.4, -0.2) is 39.8 Å². The highest BCUT2D eigenvalue weighted by molar-refractivity contribution is 7.09. The molecule has 7 nitrogen and oxygen atoms in total. The van der Waals surface area contributed by atoms with E-state index in [0.29, 0.717) is 24.7 Å². The largest absolute Gasteiger partial charge is 0.342 e. The van der Waals surface area contributed by atoms with Crippen LogP contribution in [0.2, 0.25) is 0 Å². The molecule has 31 heavy (non-hydrogen) atoms. The van der Waals surface area contributed by atoms with Crippen LogP contribution >= 0.6 is 11.3 Å². The molecule has 2 amide bonds. The molecule has 0 saturated carbocycles. The van der Waals surface area contributed by atoms with Gasteiger partial charge < -0.3 is 15.5 Å². The summed E-state index contributed by atoms with van der Waals surface area (Å²) in [6.45, 7) is 4.98. The lowest BCUT2D eigenvalue weighted by Gasteiger charge is -2.16. The lowest BCUT2D eigenvalue weighted by molar-refractivity contribution is -0.128. The Morgan fingerprint density at radius 1 is 1.13 bits per heavy atom. The Morgan fingerprint density at radius 3 is 2.52 bits per heavy atom. The van der Waals surface area contributed by atoms with Crippen molar-refractivity contribution >= 4 is 40.5 Å². The quantitative estimate of drug-likeness (QED) is 0.587. The second-order valence-electron chi connectivity index (χ2n) is 7.74. The van der Waals surface area contributed by atoms with Crippen molar-refractivity contribution in [3.05, 3.63) is 64.1 Å². The van der Waals surface area contributed by atoms with Crippen LogP contribution in [0.25, 0.3) is 0 Å². The van der Waals surface area contributed by atoms with Crippen LogP contribution < -0.4 is 10.6 Å². The highest BCUT2D eigenvalue weighted by atomic mass is 32.1. The van der Waals surface area contributed by atoms with Crippen LogP contribution in [0.5, 0.6) is 0 Å². The maximum Gasteiger partial charge on any atom is 0.229 e. The number of likely N-dealkylation sites (tertiary alicyclic amines) is 1. The zero-order chi connectivity index (χ0) is 21.8. The lowest BCUT2D eigenvalue weighted by Crippen LogP contribution is -2.29. The third-order valence-electron chi connectivity index (χ3n) is 5.18. The van der Waals surface area contributed by atoms with Gasteiger partial charge in [-0.25, -0.2) is 9.97 Å². The van der Waals surface area contributed by atoms with Crippen LogP contribution in [0.15, 0.2) is 47.8 Å². The monoisotopic (exact) mass is 435 g/mol. The molecule has 8 heteroatoms. The van der Waals surface area contributed by atoms with Crippen molar-refractivity contribution in [3.63, 3.8) is 0 Å². The van der Waals surface area contributed by atoms with E-state index in [0.717, 1.165) is 23.5 Å². The van der Waals surface area contributed by atoms with Gasteiger partial charge in [-0.15, -0.1) is 11.3 Å². The Labute approximate surface area is 185 Å². The summed E-state index contributed by atoms with van der Waals surface area (Å²) in [6, 6.07) is 13.4. The number of hydrogen-bond donors (Lipinski definition) is 2. The first-order chi connectivity index (χ1) is 15.0. The minimum atomic E-state index is -0.322. The molecule has 0 radical (unpaired) electrons. The molecular weight excluding hydrogens is 410 g/mol. The summed E-state index contributed by atoms with van der Waals surface area (Å²) in [5.74, 6) is 0.147. The number of thiophene rings is 1. The standard InChI is InChI=1S/C23H25N5O2S/c1-15-12-16(2)25-23(24-15)27-19-7-5-18(6-8-19)26-22(30)17-13-21(29)28(14-17)10-9-20-4-3-11-31-20/h3-8,11-12,17H,9-10,13-14H2,1-2H3,(H,26,30)(H,24,25,27). The SMILES string of the molecule is Cc1cc(C)nc(Nc2ccc(NC(=O)C3CC(=O)N(CCc4cccs4)C3)cc2)n1. The number of hydrogen-bond acceptors (Lipinski definition) is 6. The number of nitrogens with zero attached hydrogens (tertiary/aromatic N) is 3. The van der Waals surface area contributed by atoms with Gasteiger partial charge in [0.1, 0.15) is 0 Å². The Balaban J connectivity index is 1.30. The molecule has 4 rings (SSSR count). The van der Waals surface area contributed by atoms with Crippen molar-refractivity contribution in [1.82, 2.24) is 14.9 Å². The summed E-state index contributed by atoms with van der Waals surface area (Å²) in [5.41, 5.74) is 3.32. The van der Waals surface area contributed by atoms with E-state index < -0.39 is 0 Å². The molecule has 1 atom stereocenters. The van der Waals surface area contributed by atoms with E-state index in [-0.39, 0.29) is 24.2 Å². The second kappa shape index (κ2) is 9.26. The van der Waals surface area contributed by atoms with E-state index in [1.165, 1.54) is 4.88 Å². The maximum atomic E-state index is 12.7. The van der Waals surface area contributed by atoms with Crippen LogP contribution in [0.3, 0.4) is 0 Å². The number of carbonyl (C=O) groups is 2. The molecule has 3 heterocycles.